The van der Waals surface area contributed by atoms with Crippen LogP contribution in [0.4, 0.5) is 20.5 Å². The van der Waals surface area contributed by atoms with Crippen molar-refractivity contribution in [2.24, 2.45) is 0 Å². The third kappa shape index (κ3) is 2.76. The Morgan fingerprint density at radius 3 is 2.89 bits per heavy atom. The van der Waals surface area contributed by atoms with E-state index in [1.165, 1.54) is 18.2 Å². The Balaban J connectivity index is 2.22. The number of aliphatic hydroxyl groups is 1. The third-order valence-electron chi connectivity index (χ3n) is 2.35. The number of fused-ring (bicyclic) bond motifs is 1. The highest BCUT2D eigenvalue weighted by atomic mass is 19.3. The molecule has 2 rings (SSSR count). The average Bonchev–Trinajstić information content (AvgIpc) is 2.77. The minimum atomic E-state index is -2.90. The van der Waals surface area contributed by atoms with Gasteiger partial charge in [-0.15, -0.1) is 0 Å². The molecular weight excluding hydrogens is 264 g/mol. The molecule has 0 radical (unpaired) electrons. The van der Waals surface area contributed by atoms with Gasteiger partial charge in [-0.05, 0) is 6.07 Å². The molecule has 2 aromatic rings. The summed E-state index contributed by atoms with van der Waals surface area (Å²) in [5, 5.41) is 22.0. The number of nitro groups is 1. The monoisotopic (exact) mass is 273 g/mol. The molecule has 2 N–H and O–H groups in total. The standard InChI is InChI=1S/C10H9F2N3O4/c11-9(12)6(16)4-13-10-14-8-5(15(17)18)2-1-3-7(8)19-10/h1-3,6,9,16H,4H2,(H,13,14). The SMILES string of the molecule is O=[N+]([O-])c1cccc2oc(NCC(O)C(F)F)nc12. The topological polar surface area (TPSA) is 101 Å². The molecule has 7 nitrogen and oxygen atoms in total. The van der Waals surface area contributed by atoms with E-state index in [1.807, 2.05) is 0 Å². The van der Waals surface area contributed by atoms with Gasteiger partial charge >= 0.3 is 0 Å². The van der Waals surface area contributed by atoms with Gasteiger partial charge in [0.25, 0.3) is 18.1 Å². The van der Waals surface area contributed by atoms with Gasteiger partial charge in [-0.3, -0.25) is 10.1 Å². The number of para-hydroxylation sites is 1. The molecule has 0 bridgehead atoms. The number of nitrogens with zero attached hydrogens (tertiary/aromatic N) is 2. The maximum Gasteiger partial charge on any atom is 0.298 e. The highest BCUT2D eigenvalue weighted by Crippen LogP contribution is 2.27. The van der Waals surface area contributed by atoms with E-state index in [-0.39, 0.29) is 22.8 Å². The van der Waals surface area contributed by atoms with Crippen molar-refractivity contribution in [1.29, 1.82) is 0 Å². The van der Waals surface area contributed by atoms with Gasteiger partial charge in [0.1, 0.15) is 6.10 Å². The van der Waals surface area contributed by atoms with Crippen LogP contribution in [0.2, 0.25) is 0 Å². The fourth-order valence-electron chi connectivity index (χ4n) is 1.44. The van der Waals surface area contributed by atoms with Gasteiger partial charge in [0.05, 0.1) is 11.5 Å². The Morgan fingerprint density at radius 1 is 1.53 bits per heavy atom. The number of alkyl halides is 2. The number of benzene rings is 1. The second-order valence-corrected chi connectivity index (χ2v) is 3.68. The lowest BCUT2D eigenvalue weighted by molar-refractivity contribution is -0.383. The zero-order valence-electron chi connectivity index (χ0n) is 9.42. The number of aromatic nitrogens is 1. The number of hydrogen-bond acceptors (Lipinski definition) is 6. The van der Waals surface area contributed by atoms with Gasteiger partial charge in [0.2, 0.25) is 0 Å². The minimum absolute atomic E-state index is 0.0153. The molecule has 0 fully saturated rings. The van der Waals surface area contributed by atoms with Crippen LogP contribution in [0, 0.1) is 10.1 Å². The summed E-state index contributed by atoms with van der Waals surface area (Å²) in [6.07, 6.45) is -4.77. The van der Waals surface area contributed by atoms with Crippen molar-refractivity contribution < 1.29 is 23.2 Å². The van der Waals surface area contributed by atoms with Crippen LogP contribution in [0.25, 0.3) is 11.1 Å². The summed E-state index contributed by atoms with van der Waals surface area (Å²) in [7, 11) is 0. The van der Waals surface area contributed by atoms with E-state index in [0.29, 0.717) is 0 Å². The number of aliphatic hydroxyl groups excluding tert-OH is 1. The number of nitrogens with one attached hydrogen (secondary N) is 1. The lowest BCUT2D eigenvalue weighted by Crippen LogP contribution is -2.26. The molecule has 102 valence electrons. The summed E-state index contributed by atoms with van der Waals surface area (Å²) in [4.78, 5) is 13.9. The van der Waals surface area contributed by atoms with Gasteiger partial charge in [0, 0.05) is 6.07 Å². The quantitative estimate of drug-likeness (QED) is 0.636. The van der Waals surface area contributed by atoms with E-state index < -0.39 is 24.0 Å². The first-order chi connectivity index (χ1) is 8.99. The predicted molar refractivity (Wildman–Crippen MR) is 61.2 cm³/mol. The molecule has 0 saturated carbocycles. The third-order valence-corrected chi connectivity index (χ3v) is 2.35. The van der Waals surface area contributed by atoms with Crippen LogP contribution < -0.4 is 5.32 Å². The van der Waals surface area contributed by atoms with E-state index in [1.54, 1.807) is 0 Å². The normalized spacial score (nSPS) is 12.8. The van der Waals surface area contributed by atoms with Crippen LogP contribution in [0.3, 0.4) is 0 Å². The maximum atomic E-state index is 12.1. The van der Waals surface area contributed by atoms with Crippen LogP contribution in [-0.2, 0) is 0 Å². The first kappa shape index (κ1) is 13.1. The van der Waals surface area contributed by atoms with Crippen molar-refractivity contribution in [3.63, 3.8) is 0 Å². The molecule has 1 unspecified atom stereocenters. The van der Waals surface area contributed by atoms with E-state index >= 15 is 0 Å². The Morgan fingerprint density at radius 2 is 2.26 bits per heavy atom. The molecule has 19 heavy (non-hydrogen) atoms. The molecule has 9 heteroatoms. The summed E-state index contributed by atoms with van der Waals surface area (Å²) >= 11 is 0. The van der Waals surface area contributed by atoms with Crippen LogP contribution >= 0.6 is 0 Å². The molecule has 0 aliphatic carbocycles. The number of oxazole rings is 1. The van der Waals surface area contributed by atoms with Crippen molar-refractivity contribution in [3.8, 4) is 0 Å². The van der Waals surface area contributed by atoms with Crippen LogP contribution in [0.1, 0.15) is 0 Å². The van der Waals surface area contributed by atoms with Gasteiger partial charge in [-0.2, -0.15) is 4.98 Å². The van der Waals surface area contributed by atoms with Crippen LogP contribution in [-0.4, -0.2) is 34.1 Å². The second-order valence-electron chi connectivity index (χ2n) is 3.68. The number of halogens is 2. The van der Waals surface area contributed by atoms with Crippen molar-refractivity contribution in [2.45, 2.75) is 12.5 Å². The molecule has 0 amide bonds. The van der Waals surface area contributed by atoms with Crippen molar-refractivity contribution in [2.75, 3.05) is 11.9 Å². The van der Waals surface area contributed by atoms with Gasteiger partial charge < -0.3 is 14.8 Å². The summed E-state index contributed by atoms with van der Waals surface area (Å²) < 4.78 is 29.3. The summed E-state index contributed by atoms with van der Waals surface area (Å²) in [5.41, 5.74) is -0.0755. The smallest absolute Gasteiger partial charge is 0.298 e. The highest BCUT2D eigenvalue weighted by Gasteiger charge is 2.20. The number of anilines is 1. The molecule has 0 aliphatic heterocycles. The van der Waals surface area contributed by atoms with Gasteiger partial charge in [0.15, 0.2) is 11.1 Å². The molecule has 0 aliphatic rings. The van der Waals surface area contributed by atoms with E-state index in [9.17, 15) is 18.9 Å². The number of hydrogen-bond donors (Lipinski definition) is 2. The average molecular weight is 273 g/mol. The largest absolute Gasteiger partial charge is 0.423 e. The van der Waals surface area contributed by atoms with E-state index in [4.69, 9.17) is 9.52 Å². The van der Waals surface area contributed by atoms with Gasteiger partial charge in [-0.1, -0.05) is 6.07 Å². The van der Waals surface area contributed by atoms with Gasteiger partial charge in [-0.25, -0.2) is 8.78 Å². The molecule has 1 atom stereocenters. The Labute approximate surface area is 105 Å². The fraction of sp³-hybridized carbons (Fsp3) is 0.300. The first-order valence-electron chi connectivity index (χ1n) is 5.23. The summed E-state index contributed by atoms with van der Waals surface area (Å²) in [6, 6.07) is 3.97. The second kappa shape index (κ2) is 5.14. The molecule has 0 spiro atoms. The molecular formula is C10H9F2N3O4. The van der Waals surface area contributed by atoms with Crippen molar-refractivity contribution in [3.05, 3.63) is 28.3 Å². The number of nitro benzene ring substituents is 1. The molecule has 0 saturated heterocycles. The fourth-order valence-corrected chi connectivity index (χ4v) is 1.44. The van der Waals surface area contributed by atoms with E-state index in [0.717, 1.165) is 0 Å². The van der Waals surface area contributed by atoms with Crippen LogP contribution in [0.15, 0.2) is 22.6 Å². The minimum Gasteiger partial charge on any atom is -0.423 e. The van der Waals surface area contributed by atoms with Crippen molar-refractivity contribution in [1.82, 2.24) is 4.98 Å². The zero-order valence-corrected chi connectivity index (χ0v) is 9.42. The maximum absolute atomic E-state index is 12.1. The zero-order chi connectivity index (χ0) is 14.0. The van der Waals surface area contributed by atoms with Crippen molar-refractivity contribution >= 4 is 22.8 Å². The molecule has 1 aromatic carbocycles. The molecule has 1 aromatic heterocycles. The highest BCUT2D eigenvalue weighted by molar-refractivity contribution is 5.83. The van der Waals surface area contributed by atoms with E-state index in [2.05, 4.69) is 10.3 Å². The number of rotatable bonds is 5. The lowest BCUT2D eigenvalue weighted by Gasteiger charge is -2.08. The summed E-state index contributed by atoms with van der Waals surface area (Å²) in [5.74, 6) is 0. The lowest BCUT2D eigenvalue weighted by atomic mass is 10.3. The van der Waals surface area contributed by atoms with Crippen LogP contribution in [0.5, 0.6) is 0 Å². The predicted octanol–water partition coefficient (Wildman–Crippen LogP) is 1.77. The Hall–Kier alpha value is -2.29. The number of non-ortho nitro benzene ring substituents is 1. The Bertz CT molecular complexity index is 601. The summed E-state index contributed by atoms with van der Waals surface area (Å²) in [6.45, 7) is -0.474. The molecule has 1 heterocycles. The first-order valence-corrected chi connectivity index (χ1v) is 5.23. The Kier molecular flexibility index (Phi) is 3.56.